The number of esters is 1. The molecule has 8 heteroatoms. The second-order valence-corrected chi connectivity index (χ2v) is 6.30. The predicted octanol–water partition coefficient (Wildman–Crippen LogP) is 3.04. The summed E-state index contributed by atoms with van der Waals surface area (Å²) in [5.74, 6) is -2.82. The molecule has 0 fully saturated rings. The first kappa shape index (κ1) is 20.4. The van der Waals surface area contributed by atoms with Gasteiger partial charge in [-0.05, 0) is 37.3 Å². The van der Waals surface area contributed by atoms with Crippen molar-refractivity contribution >= 4 is 35.1 Å². The van der Waals surface area contributed by atoms with E-state index in [-0.39, 0.29) is 17.1 Å². The van der Waals surface area contributed by atoms with Gasteiger partial charge in [-0.1, -0.05) is 29.3 Å². The standard InChI is InChI=1S/C19H18ClFN2O4/c1-12-3-6-14(7-4-12)22-17(24)10-23(2)18(25)11-27-19(26)15-9-13(20)5-8-16(15)21/h3-9H,10-11H2,1-2H3,(H,22,24). The zero-order valence-corrected chi connectivity index (χ0v) is 15.5. The molecule has 0 unspecified atom stereocenters. The highest BCUT2D eigenvalue weighted by molar-refractivity contribution is 6.30. The SMILES string of the molecule is Cc1ccc(NC(=O)CN(C)C(=O)COC(=O)c2cc(Cl)ccc2F)cc1. The van der Waals surface area contributed by atoms with Crippen LogP contribution in [0.15, 0.2) is 42.5 Å². The number of likely N-dealkylation sites (N-methyl/N-ethyl adjacent to an activating group) is 1. The molecule has 1 N–H and O–H groups in total. The number of nitrogens with zero attached hydrogens (tertiary/aromatic N) is 1. The summed E-state index contributed by atoms with van der Waals surface area (Å²) in [6.45, 7) is 1.07. The predicted molar refractivity (Wildman–Crippen MR) is 99.1 cm³/mol. The largest absolute Gasteiger partial charge is 0.452 e. The molecule has 2 aromatic carbocycles. The van der Waals surface area contributed by atoms with Gasteiger partial charge in [-0.25, -0.2) is 9.18 Å². The van der Waals surface area contributed by atoms with Gasteiger partial charge >= 0.3 is 5.97 Å². The van der Waals surface area contributed by atoms with E-state index in [1.807, 2.05) is 19.1 Å². The molecule has 2 rings (SSSR count). The van der Waals surface area contributed by atoms with Crippen molar-refractivity contribution in [2.75, 3.05) is 25.5 Å². The Morgan fingerprint density at radius 1 is 1.15 bits per heavy atom. The zero-order valence-electron chi connectivity index (χ0n) is 14.8. The molecule has 0 spiro atoms. The smallest absolute Gasteiger partial charge is 0.341 e. The number of amides is 2. The van der Waals surface area contributed by atoms with Crippen LogP contribution in [-0.2, 0) is 14.3 Å². The monoisotopic (exact) mass is 392 g/mol. The molecular weight excluding hydrogens is 375 g/mol. The molecule has 0 heterocycles. The van der Waals surface area contributed by atoms with Gasteiger partial charge < -0.3 is 15.0 Å². The van der Waals surface area contributed by atoms with Gasteiger partial charge in [0.05, 0.1) is 12.1 Å². The van der Waals surface area contributed by atoms with E-state index in [1.165, 1.54) is 13.1 Å². The molecule has 0 aliphatic rings. The average Bonchev–Trinajstić information content (AvgIpc) is 2.63. The lowest BCUT2D eigenvalue weighted by atomic mass is 10.2. The molecule has 27 heavy (non-hydrogen) atoms. The number of halogens is 2. The summed E-state index contributed by atoms with van der Waals surface area (Å²) in [7, 11) is 1.39. The molecule has 6 nitrogen and oxygen atoms in total. The number of rotatable bonds is 6. The summed E-state index contributed by atoms with van der Waals surface area (Å²) < 4.78 is 18.4. The van der Waals surface area contributed by atoms with Crippen LogP contribution in [0.4, 0.5) is 10.1 Å². The molecule has 0 radical (unpaired) electrons. The summed E-state index contributed by atoms with van der Waals surface area (Å²) >= 11 is 5.71. The number of nitrogens with one attached hydrogen (secondary N) is 1. The van der Waals surface area contributed by atoms with Crippen molar-refractivity contribution in [3.63, 3.8) is 0 Å². The van der Waals surface area contributed by atoms with E-state index < -0.39 is 30.2 Å². The third kappa shape index (κ3) is 6.07. The second kappa shape index (κ2) is 9.14. The van der Waals surface area contributed by atoms with Crippen LogP contribution >= 0.6 is 11.6 Å². The third-order valence-corrected chi connectivity index (χ3v) is 3.85. The summed E-state index contributed by atoms with van der Waals surface area (Å²) in [6, 6.07) is 10.6. The number of benzene rings is 2. The van der Waals surface area contributed by atoms with Crippen LogP contribution in [0, 0.1) is 12.7 Å². The summed E-state index contributed by atoms with van der Waals surface area (Å²) in [5.41, 5.74) is 1.29. The zero-order chi connectivity index (χ0) is 20.0. The van der Waals surface area contributed by atoms with Gasteiger partial charge in [-0.2, -0.15) is 0 Å². The summed E-state index contributed by atoms with van der Waals surface area (Å²) in [5, 5.41) is 2.82. The lowest BCUT2D eigenvalue weighted by Gasteiger charge is -2.17. The minimum Gasteiger partial charge on any atom is -0.452 e. The fourth-order valence-corrected chi connectivity index (χ4v) is 2.28. The number of carbonyl (C=O) groups excluding carboxylic acids is 3. The maximum Gasteiger partial charge on any atom is 0.341 e. The van der Waals surface area contributed by atoms with Crippen molar-refractivity contribution < 1.29 is 23.5 Å². The Morgan fingerprint density at radius 2 is 1.81 bits per heavy atom. The number of ether oxygens (including phenoxy) is 1. The Kier molecular flexibility index (Phi) is 6.90. The number of aryl methyl sites for hydroxylation is 1. The quantitative estimate of drug-likeness (QED) is 0.767. The first-order valence-corrected chi connectivity index (χ1v) is 8.36. The highest BCUT2D eigenvalue weighted by atomic mass is 35.5. The van der Waals surface area contributed by atoms with E-state index in [9.17, 15) is 18.8 Å². The van der Waals surface area contributed by atoms with Crippen LogP contribution in [0.1, 0.15) is 15.9 Å². The van der Waals surface area contributed by atoms with Crippen LogP contribution in [-0.4, -0.2) is 42.9 Å². The number of carbonyl (C=O) groups is 3. The molecule has 0 saturated heterocycles. The van der Waals surface area contributed by atoms with Crippen LogP contribution < -0.4 is 5.32 Å². The fraction of sp³-hybridized carbons (Fsp3) is 0.211. The van der Waals surface area contributed by atoms with E-state index in [0.717, 1.165) is 22.6 Å². The number of hydrogen-bond donors (Lipinski definition) is 1. The van der Waals surface area contributed by atoms with E-state index in [0.29, 0.717) is 5.69 Å². The van der Waals surface area contributed by atoms with Gasteiger partial charge in [0.25, 0.3) is 5.91 Å². The van der Waals surface area contributed by atoms with Crippen molar-refractivity contribution in [2.45, 2.75) is 6.92 Å². The molecule has 142 valence electrons. The van der Waals surface area contributed by atoms with Crippen LogP contribution in [0.2, 0.25) is 5.02 Å². The highest BCUT2D eigenvalue weighted by Gasteiger charge is 2.18. The van der Waals surface area contributed by atoms with Gasteiger partial charge in [-0.3, -0.25) is 9.59 Å². The normalized spacial score (nSPS) is 10.2. The van der Waals surface area contributed by atoms with Gasteiger partial charge in [0.2, 0.25) is 5.91 Å². The lowest BCUT2D eigenvalue weighted by Crippen LogP contribution is -2.37. The first-order chi connectivity index (χ1) is 12.8. The highest BCUT2D eigenvalue weighted by Crippen LogP contribution is 2.15. The molecule has 0 bridgehead atoms. The molecule has 0 saturated carbocycles. The van der Waals surface area contributed by atoms with Crippen molar-refractivity contribution in [3.8, 4) is 0 Å². The summed E-state index contributed by atoms with van der Waals surface area (Å²) in [4.78, 5) is 37.0. The Bertz CT molecular complexity index is 855. The van der Waals surface area contributed by atoms with E-state index in [1.54, 1.807) is 12.1 Å². The van der Waals surface area contributed by atoms with E-state index in [2.05, 4.69) is 5.32 Å². The molecule has 0 aliphatic heterocycles. The maximum atomic E-state index is 13.6. The topological polar surface area (TPSA) is 75.7 Å². The summed E-state index contributed by atoms with van der Waals surface area (Å²) in [6.07, 6.45) is 0. The van der Waals surface area contributed by atoms with Crippen LogP contribution in [0.3, 0.4) is 0 Å². The molecular formula is C19H18ClFN2O4. The third-order valence-electron chi connectivity index (χ3n) is 3.62. The minimum absolute atomic E-state index is 0.166. The van der Waals surface area contributed by atoms with E-state index in [4.69, 9.17) is 16.3 Å². The van der Waals surface area contributed by atoms with Crippen molar-refractivity contribution in [1.29, 1.82) is 0 Å². The Balaban J connectivity index is 1.84. The minimum atomic E-state index is -1.01. The average molecular weight is 393 g/mol. The van der Waals surface area contributed by atoms with Gasteiger partial charge in [0, 0.05) is 17.8 Å². The van der Waals surface area contributed by atoms with Crippen molar-refractivity contribution in [2.24, 2.45) is 0 Å². The Hall–Kier alpha value is -2.93. The Morgan fingerprint density at radius 3 is 2.48 bits per heavy atom. The molecule has 0 aromatic heterocycles. The molecule has 2 amide bonds. The van der Waals surface area contributed by atoms with Crippen molar-refractivity contribution in [1.82, 2.24) is 4.90 Å². The van der Waals surface area contributed by atoms with Crippen LogP contribution in [0.25, 0.3) is 0 Å². The molecule has 0 atom stereocenters. The molecule has 2 aromatic rings. The number of anilines is 1. The fourth-order valence-electron chi connectivity index (χ4n) is 2.11. The number of hydrogen-bond acceptors (Lipinski definition) is 4. The van der Waals surface area contributed by atoms with Gasteiger partial charge in [0.1, 0.15) is 5.82 Å². The van der Waals surface area contributed by atoms with Crippen LogP contribution in [0.5, 0.6) is 0 Å². The Labute approximate surface area is 160 Å². The van der Waals surface area contributed by atoms with Gasteiger partial charge in [0.15, 0.2) is 6.61 Å². The molecule has 0 aliphatic carbocycles. The van der Waals surface area contributed by atoms with Crippen molar-refractivity contribution in [3.05, 3.63) is 64.4 Å². The van der Waals surface area contributed by atoms with Gasteiger partial charge in [-0.15, -0.1) is 0 Å². The first-order valence-electron chi connectivity index (χ1n) is 7.99. The second-order valence-electron chi connectivity index (χ2n) is 5.86. The lowest BCUT2D eigenvalue weighted by molar-refractivity contribution is -0.136. The van der Waals surface area contributed by atoms with E-state index >= 15 is 0 Å². The maximum absolute atomic E-state index is 13.6.